The molecule has 0 aliphatic carbocycles. The van der Waals surface area contributed by atoms with Crippen LogP contribution in [0.3, 0.4) is 0 Å². The monoisotopic (exact) mass is 270 g/mol. The predicted octanol–water partition coefficient (Wildman–Crippen LogP) is 2.45. The van der Waals surface area contributed by atoms with Crippen LogP contribution in [0.5, 0.6) is 5.88 Å². The number of anilines is 1. The van der Waals surface area contributed by atoms with Crippen molar-refractivity contribution < 1.29 is 17.9 Å². The molecule has 0 bridgehead atoms. The van der Waals surface area contributed by atoms with E-state index < -0.39 is 17.6 Å². The molecule has 1 aromatic heterocycles. The van der Waals surface area contributed by atoms with Gasteiger partial charge in [0.2, 0.25) is 5.88 Å². The molecule has 1 heterocycles. The fraction of sp³-hybridized carbons (Fsp3) is 0.286. The summed E-state index contributed by atoms with van der Waals surface area (Å²) in [6.45, 7) is 0. The highest BCUT2D eigenvalue weighted by molar-refractivity contribution is 9.10. The second-order valence-corrected chi connectivity index (χ2v) is 3.27. The number of aromatic nitrogens is 1. The molecule has 0 radical (unpaired) electrons. The number of nitrogens with zero attached hydrogens (tertiary/aromatic N) is 1. The fourth-order valence-electron chi connectivity index (χ4n) is 0.856. The summed E-state index contributed by atoms with van der Waals surface area (Å²) in [7, 11) is 1.23. The second-order valence-electron chi connectivity index (χ2n) is 2.42. The van der Waals surface area contributed by atoms with Gasteiger partial charge < -0.3 is 10.5 Å². The number of ether oxygens (including phenoxy) is 1. The summed E-state index contributed by atoms with van der Waals surface area (Å²) in [4.78, 5) is 3.24. The van der Waals surface area contributed by atoms with Crippen molar-refractivity contribution in [1.82, 2.24) is 4.98 Å². The molecular formula is C7H6BrF3N2O. The van der Waals surface area contributed by atoms with Crippen LogP contribution >= 0.6 is 15.9 Å². The molecule has 0 aliphatic rings. The molecule has 14 heavy (non-hydrogen) atoms. The summed E-state index contributed by atoms with van der Waals surface area (Å²) in [5.41, 5.74) is 3.58. The maximum atomic E-state index is 12.3. The topological polar surface area (TPSA) is 48.1 Å². The maximum absolute atomic E-state index is 12.3. The molecule has 0 aliphatic heterocycles. The van der Waals surface area contributed by atoms with Gasteiger partial charge in [-0.3, -0.25) is 0 Å². The van der Waals surface area contributed by atoms with Crippen molar-refractivity contribution in [3.05, 3.63) is 16.2 Å². The second kappa shape index (κ2) is 3.64. The average Bonchev–Trinajstić information content (AvgIpc) is 2.02. The lowest BCUT2D eigenvalue weighted by Crippen LogP contribution is -2.12. The van der Waals surface area contributed by atoms with E-state index in [1.165, 1.54) is 7.11 Å². The SMILES string of the molecule is COc1nc(C(F)(F)F)c(N)cc1Br. The zero-order valence-electron chi connectivity index (χ0n) is 7.02. The number of nitrogen functional groups attached to an aromatic ring is 1. The average molecular weight is 271 g/mol. The Morgan fingerprint density at radius 2 is 2.07 bits per heavy atom. The van der Waals surface area contributed by atoms with Gasteiger partial charge in [-0.05, 0) is 22.0 Å². The lowest BCUT2D eigenvalue weighted by molar-refractivity contribution is -0.140. The van der Waals surface area contributed by atoms with Crippen LogP contribution in [0.1, 0.15) is 5.69 Å². The molecule has 78 valence electrons. The molecule has 0 unspecified atom stereocenters. The van der Waals surface area contributed by atoms with E-state index in [-0.39, 0.29) is 10.4 Å². The third-order valence-corrected chi connectivity index (χ3v) is 2.00. The van der Waals surface area contributed by atoms with Crippen LogP contribution in [0.4, 0.5) is 18.9 Å². The van der Waals surface area contributed by atoms with Gasteiger partial charge >= 0.3 is 6.18 Å². The van der Waals surface area contributed by atoms with E-state index in [0.29, 0.717) is 0 Å². The van der Waals surface area contributed by atoms with Crippen LogP contribution in [0.25, 0.3) is 0 Å². The Balaban J connectivity index is 3.32. The Kier molecular flexibility index (Phi) is 2.89. The molecule has 7 heteroatoms. The van der Waals surface area contributed by atoms with Gasteiger partial charge in [-0.25, -0.2) is 4.98 Å². The van der Waals surface area contributed by atoms with Crippen molar-refractivity contribution in [3.8, 4) is 5.88 Å². The van der Waals surface area contributed by atoms with E-state index in [1.54, 1.807) is 0 Å². The van der Waals surface area contributed by atoms with E-state index in [4.69, 9.17) is 5.73 Å². The van der Waals surface area contributed by atoms with Gasteiger partial charge in [-0.15, -0.1) is 0 Å². The third kappa shape index (κ3) is 2.09. The van der Waals surface area contributed by atoms with Gasteiger partial charge in [-0.2, -0.15) is 13.2 Å². The number of nitrogens with two attached hydrogens (primary N) is 1. The number of alkyl halides is 3. The first-order valence-electron chi connectivity index (χ1n) is 3.43. The molecule has 0 atom stereocenters. The summed E-state index contributed by atoms with van der Waals surface area (Å²) in [5.74, 6) is -0.147. The van der Waals surface area contributed by atoms with Gasteiger partial charge in [0.25, 0.3) is 0 Å². The summed E-state index contributed by atoms with van der Waals surface area (Å²) in [6.07, 6.45) is -4.57. The minimum Gasteiger partial charge on any atom is -0.480 e. The highest BCUT2D eigenvalue weighted by Crippen LogP contribution is 2.36. The van der Waals surface area contributed by atoms with Crippen molar-refractivity contribution >= 4 is 21.6 Å². The number of hydrogen-bond donors (Lipinski definition) is 1. The molecule has 0 fully saturated rings. The Labute approximate surface area is 86.2 Å². The molecule has 0 spiro atoms. The van der Waals surface area contributed by atoms with Gasteiger partial charge in [0.15, 0.2) is 5.69 Å². The number of hydrogen-bond acceptors (Lipinski definition) is 3. The highest BCUT2D eigenvalue weighted by atomic mass is 79.9. The number of rotatable bonds is 1. The van der Waals surface area contributed by atoms with Crippen LogP contribution in [-0.4, -0.2) is 12.1 Å². The lowest BCUT2D eigenvalue weighted by Gasteiger charge is -2.11. The predicted molar refractivity (Wildman–Crippen MR) is 47.9 cm³/mol. The first-order valence-corrected chi connectivity index (χ1v) is 4.22. The quantitative estimate of drug-likeness (QED) is 0.853. The Bertz CT molecular complexity index is 354. The molecule has 2 N–H and O–H groups in total. The van der Waals surface area contributed by atoms with E-state index in [2.05, 4.69) is 25.7 Å². The van der Waals surface area contributed by atoms with E-state index >= 15 is 0 Å². The Hall–Kier alpha value is -0.980. The summed E-state index contributed by atoms with van der Waals surface area (Å²) >= 11 is 2.97. The largest absolute Gasteiger partial charge is 0.480 e. The fourth-order valence-corrected chi connectivity index (χ4v) is 1.35. The summed E-state index contributed by atoms with van der Waals surface area (Å²) < 4.78 is 41.8. The first-order chi connectivity index (χ1) is 6.36. The van der Waals surface area contributed by atoms with E-state index in [1.807, 2.05) is 0 Å². The third-order valence-electron chi connectivity index (χ3n) is 1.44. The number of methoxy groups -OCH3 is 1. The molecule has 0 saturated carbocycles. The summed E-state index contributed by atoms with van der Waals surface area (Å²) in [6, 6.07) is 1.11. The van der Waals surface area contributed by atoms with Gasteiger partial charge in [0.1, 0.15) is 0 Å². The smallest absolute Gasteiger partial charge is 0.435 e. The van der Waals surface area contributed by atoms with Crippen molar-refractivity contribution in [1.29, 1.82) is 0 Å². The lowest BCUT2D eigenvalue weighted by atomic mass is 10.3. The van der Waals surface area contributed by atoms with Crippen molar-refractivity contribution in [3.63, 3.8) is 0 Å². The van der Waals surface area contributed by atoms with Crippen molar-refractivity contribution in [2.24, 2.45) is 0 Å². The molecule has 1 aromatic rings. The minimum absolute atomic E-state index is 0.147. The van der Waals surface area contributed by atoms with Gasteiger partial charge in [0.05, 0.1) is 17.3 Å². The zero-order valence-corrected chi connectivity index (χ0v) is 8.61. The highest BCUT2D eigenvalue weighted by Gasteiger charge is 2.36. The minimum atomic E-state index is -4.57. The van der Waals surface area contributed by atoms with Crippen molar-refractivity contribution in [2.75, 3.05) is 12.8 Å². The normalized spacial score (nSPS) is 11.5. The van der Waals surface area contributed by atoms with Crippen molar-refractivity contribution in [2.45, 2.75) is 6.18 Å². The molecular weight excluding hydrogens is 265 g/mol. The van der Waals surface area contributed by atoms with Gasteiger partial charge in [-0.1, -0.05) is 0 Å². The van der Waals surface area contributed by atoms with Crippen LogP contribution in [0, 0.1) is 0 Å². The van der Waals surface area contributed by atoms with E-state index in [0.717, 1.165) is 6.07 Å². The van der Waals surface area contributed by atoms with Crippen LogP contribution in [0.2, 0.25) is 0 Å². The Morgan fingerprint density at radius 1 is 1.50 bits per heavy atom. The standard InChI is InChI=1S/C7H6BrF3N2O/c1-14-6-3(8)2-4(12)5(13-6)7(9,10)11/h2H,12H2,1H3. The number of pyridine rings is 1. The van der Waals surface area contributed by atoms with E-state index in [9.17, 15) is 13.2 Å². The molecule has 0 aromatic carbocycles. The molecule has 3 nitrogen and oxygen atoms in total. The first kappa shape index (κ1) is 11.1. The van der Waals surface area contributed by atoms with Crippen LogP contribution in [-0.2, 0) is 6.18 Å². The Morgan fingerprint density at radius 3 is 2.50 bits per heavy atom. The summed E-state index contributed by atoms with van der Waals surface area (Å²) in [5, 5.41) is 0. The molecule has 1 rings (SSSR count). The number of halogens is 4. The van der Waals surface area contributed by atoms with Crippen LogP contribution in [0.15, 0.2) is 10.5 Å². The molecule has 0 amide bonds. The van der Waals surface area contributed by atoms with Gasteiger partial charge in [0, 0.05) is 0 Å². The van der Waals surface area contributed by atoms with Crippen LogP contribution < -0.4 is 10.5 Å². The molecule has 0 saturated heterocycles. The zero-order chi connectivity index (χ0) is 10.9. The maximum Gasteiger partial charge on any atom is 0.435 e.